The fraction of sp³-hybridized carbons (Fsp3) is 0.200. The van der Waals surface area contributed by atoms with Crippen molar-refractivity contribution >= 4 is 11.6 Å². The minimum atomic E-state index is -0.226. The molecule has 0 saturated carbocycles. The maximum Gasteiger partial charge on any atom is 0.231 e. The third kappa shape index (κ3) is 2.86. The quantitative estimate of drug-likeness (QED) is 0.936. The van der Waals surface area contributed by atoms with Gasteiger partial charge in [-0.1, -0.05) is 23.7 Å². The number of rotatable bonds is 4. The average Bonchev–Trinajstić information content (AvgIpc) is 2.88. The van der Waals surface area contributed by atoms with Gasteiger partial charge in [-0.2, -0.15) is 0 Å². The van der Waals surface area contributed by atoms with Crippen LogP contribution >= 0.6 is 11.6 Å². The van der Waals surface area contributed by atoms with E-state index >= 15 is 0 Å². The number of fused-ring (bicyclic) bond motifs is 1. The summed E-state index contributed by atoms with van der Waals surface area (Å²) in [7, 11) is 0. The summed E-state index contributed by atoms with van der Waals surface area (Å²) in [5, 5.41) is 3.79. The normalized spacial score (nSPS) is 12.7. The van der Waals surface area contributed by atoms with Crippen molar-refractivity contribution in [1.82, 2.24) is 5.32 Å². The van der Waals surface area contributed by atoms with Crippen LogP contribution in [0.3, 0.4) is 0 Å². The molecule has 0 unspecified atom stereocenters. The van der Waals surface area contributed by atoms with E-state index in [4.69, 9.17) is 21.1 Å². The highest BCUT2D eigenvalue weighted by atomic mass is 35.5. The fourth-order valence-corrected chi connectivity index (χ4v) is 2.41. The van der Waals surface area contributed by atoms with E-state index in [0.717, 1.165) is 11.1 Å². The number of nitrogens with one attached hydrogen (secondary N) is 1. The van der Waals surface area contributed by atoms with Gasteiger partial charge in [0.1, 0.15) is 5.82 Å². The molecular weight excluding hydrogens is 281 g/mol. The van der Waals surface area contributed by atoms with Crippen LogP contribution in [0.15, 0.2) is 36.4 Å². The molecule has 0 aliphatic carbocycles. The van der Waals surface area contributed by atoms with Crippen LogP contribution in [0.1, 0.15) is 11.1 Å². The van der Waals surface area contributed by atoms with E-state index in [-0.39, 0.29) is 12.6 Å². The minimum Gasteiger partial charge on any atom is -0.454 e. The molecule has 1 aliphatic rings. The van der Waals surface area contributed by atoms with Crippen LogP contribution in [-0.2, 0) is 13.1 Å². The summed E-state index contributed by atoms with van der Waals surface area (Å²) in [6, 6.07) is 10.3. The van der Waals surface area contributed by atoms with E-state index in [1.54, 1.807) is 6.07 Å². The Hall–Kier alpha value is -1.78. The van der Waals surface area contributed by atoms with Gasteiger partial charge in [0.2, 0.25) is 6.79 Å². The lowest BCUT2D eigenvalue weighted by atomic mass is 10.2. The summed E-state index contributed by atoms with van der Waals surface area (Å²) in [5.41, 5.74) is 1.90. The first kappa shape index (κ1) is 13.2. The second-order valence-corrected chi connectivity index (χ2v) is 4.95. The van der Waals surface area contributed by atoms with Crippen molar-refractivity contribution in [3.63, 3.8) is 0 Å². The Morgan fingerprint density at radius 1 is 1.10 bits per heavy atom. The third-order valence-corrected chi connectivity index (χ3v) is 3.32. The molecule has 0 atom stereocenters. The highest BCUT2D eigenvalue weighted by Crippen LogP contribution is 2.39. The van der Waals surface area contributed by atoms with Gasteiger partial charge in [-0.3, -0.25) is 0 Å². The average molecular weight is 294 g/mol. The summed E-state index contributed by atoms with van der Waals surface area (Å²) in [6.07, 6.45) is 0. The van der Waals surface area contributed by atoms with Gasteiger partial charge in [-0.15, -0.1) is 0 Å². The number of benzene rings is 2. The van der Waals surface area contributed by atoms with Gasteiger partial charge in [-0.25, -0.2) is 4.39 Å². The molecule has 2 aromatic rings. The topological polar surface area (TPSA) is 30.5 Å². The van der Waals surface area contributed by atoms with Crippen molar-refractivity contribution in [2.45, 2.75) is 13.1 Å². The maximum atomic E-state index is 13.0. The number of hydrogen-bond donors (Lipinski definition) is 1. The molecule has 1 aliphatic heterocycles. The van der Waals surface area contributed by atoms with Gasteiger partial charge in [-0.05, 0) is 35.4 Å². The lowest BCUT2D eigenvalue weighted by molar-refractivity contribution is 0.174. The number of hydrogen-bond acceptors (Lipinski definition) is 3. The Labute approximate surface area is 121 Å². The molecule has 1 N–H and O–H groups in total. The van der Waals surface area contributed by atoms with Crippen molar-refractivity contribution < 1.29 is 13.9 Å². The molecule has 1 heterocycles. The van der Waals surface area contributed by atoms with Crippen LogP contribution in [0.4, 0.5) is 4.39 Å². The SMILES string of the molecule is Fc1cccc(CNCc2cc(Cl)c3c(c2)OCO3)c1. The molecule has 0 amide bonds. The predicted molar refractivity (Wildman–Crippen MR) is 74.5 cm³/mol. The van der Waals surface area contributed by atoms with Crippen LogP contribution < -0.4 is 14.8 Å². The second-order valence-electron chi connectivity index (χ2n) is 4.54. The summed E-state index contributed by atoms with van der Waals surface area (Å²) in [4.78, 5) is 0. The molecule has 0 saturated heterocycles. The van der Waals surface area contributed by atoms with Crippen LogP contribution in [0.5, 0.6) is 11.5 Å². The lowest BCUT2D eigenvalue weighted by Gasteiger charge is -2.07. The number of halogens is 2. The molecule has 0 radical (unpaired) electrons. The highest BCUT2D eigenvalue weighted by Gasteiger charge is 2.17. The van der Waals surface area contributed by atoms with E-state index in [1.807, 2.05) is 18.2 Å². The van der Waals surface area contributed by atoms with Crippen molar-refractivity contribution in [2.24, 2.45) is 0 Å². The fourth-order valence-electron chi connectivity index (χ4n) is 2.12. The summed E-state index contributed by atoms with van der Waals surface area (Å²) < 4.78 is 23.6. The molecule has 5 heteroatoms. The smallest absolute Gasteiger partial charge is 0.231 e. The molecule has 0 bridgehead atoms. The first-order valence-corrected chi connectivity index (χ1v) is 6.63. The predicted octanol–water partition coefficient (Wildman–Crippen LogP) is 3.50. The standard InChI is InChI=1S/C15H13ClFNO2/c16-13-5-11(6-14-15(13)20-9-19-14)8-18-7-10-2-1-3-12(17)4-10/h1-6,18H,7-9H2. The van der Waals surface area contributed by atoms with Gasteiger partial charge in [0.25, 0.3) is 0 Å². The van der Waals surface area contributed by atoms with E-state index in [1.165, 1.54) is 12.1 Å². The first-order valence-electron chi connectivity index (χ1n) is 6.25. The Morgan fingerprint density at radius 2 is 1.95 bits per heavy atom. The van der Waals surface area contributed by atoms with E-state index in [0.29, 0.717) is 29.6 Å². The molecule has 0 spiro atoms. The number of ether oxygens (including phenoxy) is 2. The van der Waals surface area contributed by atoms with Gasteiger partial charge in [0.05, 0.1) is 5.02 Å². The van der Waals surface area contributed by atoms with Gasteiger partial charge in [0, 0.05) is 13.1 Å². The maximum absolute atomic E-state index is 13.0. The molecular formula is C15H13ClFNO2. The van der Waals surface area contributed by atoms with Crippen LogP contribution in [0.25, 0.3) is 0 Å². The van der Waals surface area contributed by atoms with E-state index in [9.17, 15) is 4.39 Å². The van der Waals surface area contributed by atoms with Crippen molar-refractivity contribution in [3.8, 4) is 11.5 Å². The Balaban J connectivity index is 1.63. The molecule has 20 heavy (non-hydrogen) atoms. The summed E-state index contributed by atoms with van der Waals surface area (Å²) >= 11 is 6.11. The lowest BCUT2D eigenvalue weighted by Crippen LogP contribution is -2.12. The van der Waals surface area contributed by atoms with E-state index in [2.05, 4.69) is 5.32 Å². The molecule has 0 aromatic heterocycles. The molecule has 104 valence electrons. The zero-order valence-corrected chi connectivity index (χ0v) is 11.4. The van der Waals surface area contributed by atoms with Gasteiger partial charge >= 0.3 is 0 Å². The van der Waals surface area contributed by atoms with Gasteiger partial charge in [0.15, 0.2) is 11.5 Å². The van der Waals surface area contributed by atoms with Crippen molar-refractivity contribution in [3.05, 3.63) is 58.4 Å². The zero-order chi connectivity index (χ0) is 13.9. The monoisotopic (exact) mass is 293 g/mol. The highest BCUT2D eigenvalue weighted by molar-refractivity contribution is 6.32. The van der Waals surface area contributed by atoms with Crippen molar-refractivity contribution in [1.29, 1.82) is 0 Å². The molecule has 3 nitrogen and oxygen atoms in total. The Kier molecular flexibility index (Phi) is 3.76. The van der Waals surface area contributed by atoms with Crippen LogP contribution in [0, 0.1) is 5.82 Å². The summed E-state index contributed by atoms with van der Waals surface area (Å²) in [6.45, 7) is 1.41. The van der Waals surface area contributed by atoms with Crippen LogP contribution in [-0.4, -0.2) is 6.79 Å². The first-order chi connectivity index (χ1) is 9.72. The van der Waals surface area contributed by atoms with Crippen molar-refractivity contribution in [2.75, 3.05) is 6.79 Å². The Bertz CT molecular complexity index is 633. The minimum absolute atomic E-state index is 0.204. The second kappa shape index (κ2) is 5.69. The molecule has 2 aromatic carbocycles. The molecule has 3 rings (SSSR count). The van der Waals surface area contributed by atoms with E-state index < -0.39 is 0 Å². The zero-order valence-electron chi connectivity index (χ0n) is 10.7. The third-order valence-electron chi connectivity index (χ3n) is 3.03. The Morgan fingerprint density at radius 3 is 2.80 bits per heavy atom. The van der Waals surface area contributed by atoms with Crippen LogP contribution in [0.2, 0.25) is 5.02 Å². The molecule has 0 fully saturated rings. The summed E-state index contributed by atoms with van der Waals surface area (Å²) in [5.74, 6) is 1.04. The largest absolute Gasteiger partial charge is 0.454 e. The van der Waals surface area contributed by atoms with Gasteiger partial charge < -0.3 is 14.8 Å².